The van der Waals surface area contributed by atoms with Crippen molar-refractivity contribution in [3.05, 3.63) is 41.5 Å². The summed E-state index contributed by atoms with van der Waals surface area (Å²) in [7, 11) is -3.87. The highest BCUT2D eigenvalue weighted by Gasteiger charge is 2.29. The molecule has 0 saturated heterocycles. The number of sulfone groups is 1. The lowest BCUT2D eigenvalue weighted by Gasteiger charge is -2.11. The molecule has 0 spiro atoms. The van der Waals surface area contributed by atoms with Crippen molar-refractivity contribution in [3.8, 4) is 0 Å². The number of nitrogens with zero attached hydrogens (tertiary/aromatic N) is 3. The van der Waals surface area contributed by atoms with E-state index in [4.69, 9.17) is 21.8 Å². The van der Waals surface area contributed by atoms with Crippen LogP contribution in [0.2, 0.25) is 5.15 Å². The maximum Gasteiger partial charge on any atom is 0.251 e. The number of rotatable bonds is 3. The van der Waals surface area contributed by atoms with Gasteiger partial charge in [-0.05, 0) is 19.1 Å². The number of nitrogens with two attached hydrogens (primary N) is 1. The zero-order chi connectivity index (χ0) is 15.9. The third kappa shape index (κ3) is 2.51. The van der Waals surface area contributed by atoms with Crippen LogP contribution in [0.4, 0.5) is 5.82 Å². The maximum atomic E-state index is 12.6. The summed E-state index contributed by atoms with van der Waals surface area (Å²) in [5.41, 5.74) is 6.47. The number of aromatic nitrogens is 3. The quantitative estimate of drug-likeness (QED) is 0.576. The first-order chi connectivity index (χ1) is 10.4. The summed E-state index contributed by atoms with van der Waals surface area (Å²) in [5, 5.41) is -0.640. The van der Waals surface area contributed by atoms with Crippen LogP contribution in [0.5, 0.6) is 0 Å². The number of fused-ring (bicyclic) bond motifs is 1. The van der Waals surface area contributed by atoms with Crippen LogP contribution in [0.3, 0.4) is 0 Å². The molecule has 9 heteroatoms. The van der Waals surface area contributed by atoms with Crippen LogP contribution in [0.1, 0.15) is 17.9 Å². The molecule has 0 bridgehead atoms. The van der Waals surface area contributed by atoms with Crippen molar-refractivity contribution in [2.45, 2.75) is 17.3 Å². The van der Waals surface area contributed by atoms with Gasteiger partial charge in [0.05, 0.1) is 18.2 Å². The number of hydrogen-bond donors (Lipinski definition) is 1. The molecule has 3 aromatic heterocycles. The van der Waals surface area contributed by atoms with Crippen molar-refractivity contribution >= 4 is 38.2 Å². The first-order valence-corrected chi connectivity index (χ1v) is 8.17. The molecule has 7 nitrogen and oxygen atoms in total. The van der Waals surface area contributed by atoms with E-state index in [2.05, 4.69) is 15.0 Å². The summed E-state index contributed by atoms with van der Waals surface area (Å²) < 4.78 is 30.4. The van der Waals surface area contributed by atoms with Crippen LogP contribution in [-0.4, -0.2) is 23.4 Å². The Balaban J connectivity index is 2.07. The number of hydrogen-bond acceptors (Lipinski definition) is 7. The third-order valence-corrected chi connectivity index (χ3v) is 5.25. The number of anilines is 1. The minimum Gasteiger partial charge on any atom is -0.463 e. The first-order valence-electron chi connectivity index (χ1n) is 6.25. The Labute approximate surface area is 131 Å². The first kappa shape index (κ1) is 14.7. The molecule has 0 radical (unpaired) electrons. The summed E-state index contributed by atoms with van der Waals surface area (Å²) in [6, 6.07) is 4.66. The van der Waals surface area contributed by atoms with Crippen molar-refractivity contribution in [1.82, 2.24) is 15.0 Å². The van der Waals surface area contributed by atoms with E-state index in [1.54, 1.807) is 12.1 Å². The van der Waals surface area contributed by atoms with E-state index in [1.807, 2.05) is 0 Å². The van der Waals surface area contributed by atoms with Gasteiger partial charge in [-0.15, -0.1) is 0 Å². The Kier molecular flexibility index (Phi) is 3.50. The van der Waals surface area contributed by atoms with Gasteiger partial charge in [0.15, 0.2) is 5.58 Å². The average molecular weight is 339 g/mol. The predicted molar refractivity (Wildman–Crippen MR) is 81.1 cm³/mol. The lowest BCUT2D eigenvalue weighted by Crippen LogP contribution is -2.16. The topological polar surface area (TPSA) is 112 Å². The zero-order valence-electron chi connectivity index (χ0n) is 11.4. The van der Waals surface area contributed by atoms with Crippen LogP contribution in [0.25, 0.3) is 11.0 Å². The number of halogens is 1. The lowest BCUT2D eigenvalue weighted by atomic mass is 10.2. The number of nitrogen functional groups attached to an aromatic ring is 1. The molecule has 3 aromatic rings. The van der Waals surface area contributed by atoms with Crippen molar-refractivity contribution in [1.29, 1.82) is 0 Å². The summed E-state index contributed by atoms with van der Waals surface area (Å²) in [4.78, 5) is 11.6. The largest absolute Gasteiger partial charge is 0.463 e. The smallest absolute Gasteiger partial charge is 0.251 e. The second kappa shape index (κ2) is 5.22. The molecule has 3 rings (SSSR count). The Morgan fingerprint density at radius 1 is 1.32 bits per heavy atom. The van der Waals surface area contributed by atoms with Gasteiger partial charge in [-0.1, -0.05) is 11.6 Å². The highest BCUT2D eigenvalue weighted by Crippen LogP contribution is 2.28. The van der Waals surface area contributed by atoms with Crippen LogP contribution in [0, 0.1) is 0 Å². The molecular weight excluding hydrogens is 328 g/mol. The fraction of sp³-hybridized carbons (Fsp3) is 0.154. The van der Waals surface area contributed by atoms with E-state index in [9.17, 15) is 8.42 Å². The van der Waals surface area contributed by atoms with Gasteiger partial charge >= 0.3 is 0 Å². The third-order valence-electron chi connectivity index (χ3n) is 3.19. The average Bonchev–Trinajstić information content (AvgIpc) is 2.92. The van der Waals surface area contributed by atoms with Gasteiger partial charge in [0.1, 0.15) is 16.2 Å². The molecule has 0 amide bonds. The summed E-state index contributed by atoms with van der Waals surface area (Å²) in [6.07, 6.45) is 2.99. The van der Waals surface area contributed by atoms with Crippen molar-refractivity contribution in [2.24, 2.45) is 0 Å². The van der Waals surface area contributed by atoms with Crippen molar-refractivity contribution < 1.29 is 12.8 Å². The van der Waals surface area contributed by atoms with Crippen LogP contribution >= 0.6 is 11.6 Å². The fourth-order valence-electron chi connectivity index (χ4n) is 1.96. The zero-order valence-corrected chi connectivity index (χ0v) is 13.0. The molecule has 0 aliphatic heterocycles. The molecule has 2 N–H and O–H groups in total. The maximum absolute atomic E-state index is 12.6. The molecule has 1 atom stereocenters. The van der Waals surface area contributed by atoms with E-state index in [-0.39, 0.29) is 11.0 Å². The molecule has 0 aliphatic rings. The molecule has 22 heavy (non-hydrogen) atoms. The van der Waals surface area contributed by atoms with E-state index in [0.717, 1.165) is 5.39 Å². The Bertz CT molecular complexity index is 935. The molecule has 3 heterocycles. The van der Waals surface area contributed by atoms with Gasteiger partial charge in [-0.3, -0.25) is 4.98 Å². The number of pyridine rings is 1. The Hall–Kier alpha value is -2.19. The van der Waals surface area contributed by atoms with Crippen LogP contribution < -0.4 is 5.73 Å². The molecular formula is C13H11ClN4O3S. The Morgan fingerprint density at radius 2 is 2.09 bits per heavy atom. The molecule has 114 valence electrons. The van der Waals surface area contributed by atoms with Gasteiger partial charge in [0.25, 0.3) is 5.16 Å². The van der Waals surface area contributed by atoms with E-state index in [0.29, 0.717) is 11.3 Å². The van der Waals surface area contributed by atoms with Gasteiger partial charge in [0.2, 0.25) is 9.84 Å². The highest BCUT2D eigenvalue weighted by atomic mass is 35.5. The summed E-state index contributed by atoms with van der Waals surface area (Å²) >= 11 is 5.75. The number of furan rings is 1. The van der Waals surface area contributed by atoms with Gasteiger partial charge in [-0.25, -0.2) is 18.4 Å². The standard InChI is InChI=1S/C13H11ClN4O3S/c1-7(9-4-8-2-3-21-10(8)6-16-9)22(19,20)13-17-11(14)5-12(15)18-13/h2-7H,1H3,(H2,15,17,18)/t7-/m0/s1. The molecule has 0 aliphatic carbocycles. The van der Waals surface area contributed by atoms with Gasteiger partial charge in [0, 0.05) is 11.5 Å². The minimum absolute atomic E-state index is 0.0102. The highest BCUT2D eigenvalue weighted by molar-refractivity contribution is 7.91. The molecule has 0 fully saturated rings. The van der Waals surface area contributed by atoms with Gasteiger partial charge < -0.3 is 10.2 Å². The van der Waals surface area contributed by atoms with Crippen LogP contribution in [0.15, 0.2) is 40.2 Å². The van der Waals surface area contributed by atoms with Gasteiger partial charge in [-0.2, -0.15) is 0 Å². The predicted octanol–water partition coefficient (Wildman–Crippen LogP) is 2.39. The summed E-state index contributed by atoms with van der Waals surface area (Å²) in [5.74, 6) is -0.0102. The SMILES string of the molecule is C[C@@H](c1cc2ccoc2cn1)S(=O)(=O)c1nc(N)cc(Cl)n1. The molecule has 0 aromatic carbocycles. The fourth-order valence-corrected chi connectivity index (χ4v) is 3.43. The van der Waals surface area contributed by atoms with Crippen LogP contribution in [-0.2, 0) is 9.84 Å². The van der Waals surface area contributed by atoms with E-state index in [1.165, 1.54) is 25.5 Å². The van der Waals surface area contributed by atoms with Crippen molar-refractivity contribution in [2.75, 3.05) is 5.73 Å². The molecule has 0 unspecified atom stereocenters. The second-order valence-corrected chi connectivity index (χ2v) is 7.20. The summed E-state index contributed by atoms with van der Waals surface area (Å²) in [6.45, 7) is 1.50. The van der Waals surface area contributed by atoms with E-state index >= 15 is 0 Å². The normalized spacial score (nSPS) is 13.4. The monoisotopic (exact) mass is 338 g/mol. The second-order valence-electron chi connectivity index (χ2n) is 4.65. The Morgan fingerprint density at radius 3 is 2.82 bits per heavy atom. The van der Waals surface area contributed by atoms with E-state index < -0.39 is 20.2 Å². The molecule has 0 saturated carbocycles. The lowest BCUT2D eigenvalue weighted by molar-refractivity contribution is 0.575. The minimum atomic E-state index is -3.87. The van der Waals surface area contributed by atoms with Crippen molar-refractivity contribution in [3.63, 3.8) is 0 Å².